The summed E-state index contributed by atoms with van der Waals surface area (Å²) < 4.78 is 0. The smallest absolute Gasteiger partial charge is 0.0106 e. The summed E-state index contributed by atoms with van der Waals surface area (Å²) in [5.41, 5.74) is 0.335. The van der Waals surface area contributed by atoms with Crippen molar-refractivity contribution in [2.45, 2.75) is 13.8 Å². The molecule has 4 heteroatoms. The van der Waals surface area contributed by atoms with Gasteiger partial charge in [-0.15, -0.1) is 0 Å². The van der Waals surface area contributed by atoms with Crippen molar-refractivity contribution in [3.05, 3.63) is 0 Å². The lowest BCUT2D eigenvalue weighted by atomic mass is 9.92. The summed E-state index contributed by atoms with van der Waals surface area (Å²) in [4.78, 5) is 9.37. The zero-order valence-corrected chi connectivity index (χ0v) is 14.5. The van der Waals surface area contributed by atoms with Crippen molar-refractivity contribution in [2.24, 2.45) is 5.41 Å². The highest BCUT2D eigenvalue weighted by molar-refractivity contribution is 4.76. The first-order valence-electron chi connectivity index (χ1n) is 7.29. The van der Waals surface area contributed by atoms with E-state index in [0.717, 1.165) is 39.3 Å². The van der Waals surface area contributed by atoms with Crippen LogP contribution in [0.1, 0.15) is 13.8 Å². The molecule has 0 bridgehead atoms. The van der Waals surface area contributed by atoms with Gasteiger partial charge >= 0.3 is 0 Å². The molecule has 0 aromatic heterocycles. The summed E-state index contributed by atoms with van der Waals surface area (Å²) in [7, 11) is 13.0. The average Bonchev–Trinajstić information content (AvgIpc) is 2.22. The molecule has 0 saturated heterocycles. The number of hydrogen-bond donors (Lipinski definition) is 0. The molecule has 0 aliphatic heterocycles. The van der Waals surface area contributed by atoms with E-state index in [-0.39, 0.29) is 0 Å². The molecule has 0 aromatic carbocycles. The fraction of sp³-hybridized carbons (Fsp3) is 1.00. The zero-order valence-electron chi connectivity index (χ0n) is 14.5. The van der Waals surface area contributed by atoms with Crippen molar-refractivity contribution >= 4 is 0 Å². The van der Waals surface area contributed by atoms with Gasteiger partial charge in [0.05, 0.1) is 0 Å². The highest BCUT2D eigenvalue weighted by Gasteiger charge is 2.22. The summed E-state index contributed by atoms with van der Waals surface area (Å²) in [6, 6.07) is 0. The molecule has 116 valence electrons. The normalized spacial score (nSPS) is 13.3. The Labute approximate surface area is 121 Å². The first kappa shape index (κ1) is 18.8. The molecule has 0 spiro atoms. The zero-order chi connectivity index (χ0) is 15.1. The van der Waals surface area contributed by atoms with Gasteiger partial charge in [0.1, 0.15) is 0 Å². The molecule has 0 aromatic rings. The van der Waals surface area contributed by atoms with Crippen LogP contribution in [0.3, 0.4) is 0 Å². The third kappa shape index (κ3) is 11.4. The summed E-state index contributed by atoms with van der Waals surface area (Å²) in [5, 5.41) is 0. The minimum atomic E-state index is 0.335. The van der Waals surface area contributed by atoms with Crippen LogP contribution in [0.5, 0.6) is 0 Å². The molecule has 19 heavy (non-hydrogen) atoms. The van der Waals surface area contributed by atoms with Gasteiger partial charge in [-0.3, -0.25) is 0 Å². The first-order valence-corrected chi connectivity index (χ1v) is 7.29. The molecule has 0 radical (unpaired) electrons. The molecular formula is C15H36N4. The van der Waals surface area contributed by atoms with E-state index in [1.807, 2.05) is 0 Å². The fourth-order valence-electron chi connectivity index (χ4n) is 2.41. The van der Waals surface area contributed by atoms with E-state index in [1.54, 1.807) is 0 Å². The predicted molar refractivity (Wildman–Crippen MR) is 85.9 cm³/mol. The predicted octanol–water partition coefficient (Wildman–Crippen LogP) is 0.999. The first-order chi connectivity index (χ1) is 8.62. The molecule has 4 nitrogen and oxygen atoms in total. The van der Waals surface area contributed by atoms with Gasteiger partial charge in [-0.1, -0.05) is 13.8 Å². The second kappa shape index (κ2) is 8.90. The third-order valence-corrected chi connectivity index (χ3v) is 3.25. The largest absolute Gasteiger partial charge is 0.308 e. The Hall–Kier alpha value is -0.160. The molecule has 0 aliphatic carbocycles. The van der Waals surface area contributed by atoms with Crippen LogP contribution < -0.4 is 0 Å². The quantitative estimate of drug-likeness (QED) is 0.588. The van der Waals surface area contributed by atoms with Gasteiger partial charge in [0.15, 0.2) is 0 Å². The van der Waals surface area contributed by atoms with Crippen LogP contribution in [-0.4, -0.2) is 101 Å². The maximum Gasteiger partial charge on any atom is 0.0106 e. The Balaban J connectivity index is 4.01. The molecule has 0 fully saturated rings. The van der Waals surface area contributed by atoms with Gasteiger partial charge in [-0.2, -0.15) is 0 Å². The van der Waals surface area contributed by atoms with Gasteiger partial charge < -0.3 is 19.6 Å². The lowest BCUT2D eigenvalue weighted by Crippen LogP contribution is -2.42. The van der Waals surface area contributed by atoms with Crippen LogP contribution in [0.25, 0.3) is 0 Å². The minimum absolute atomic E-state index is 0.335. The van der Waals surface area contributed by atoms with E-state index in [9.17, 15) is 0 Å². The molecule has 0 N–H and O–H groups in total. The van der Waals surface area contributed by atoms with E-state index in [0.29, 0.717) is 5.41 Å². The van der Waals surface area contributed by atoms with Crippen LogP contribution in [0.4, 0.5) is 0 Å². The van der Waals surface area contributed by atoms with Crippen molar-refractivity contribution in [3.8, 4) is 0 Å². The molecule has 0 heterocycles. The maximum absolute atomic E-state index is 2.44. The Kier molecular flexibility index (Phi) is 8.83. The van der Waals surface area contributed by atoms with Crippen molar-refractivity contribution in [2.75, 3.05) is 81.6 Å². The Morgan fingerprint density at radius 3 is 1.16 bits per heavy atom. The number of hydrogen-bond acceptors (Lipinski definition) is 4. The lowest BCUT2D eigenvalue weighted by molar-refractivity contribution is 0.140. The van der Waals surface area contributed by atoms with E-state index in [1.165, 1.54) is 0 Å². The lowest BCUT2D eigenvalue weighted by Gasteiger charge is -2.34. The van der Waals surface area contributed by atoms with E-state index < -0.39 is 0 Å². The van der Waals surface area contributed by atoms with Gasteiger partial charge in [0.2, 0.25) is 0 Å². The Bertz CT molecular complexity index is 204. The Morgan fingerprint density at radius 2 is 0.895 bits per heavy atom. The van der Waals surface area contributed by atoms with Crippen molar-refractivity contribution in [3.63, 3.8) is 0 Å². The average molecular weight is 272 g/mol. The Morgan fingerprint density at radius 1 is 0.579 bits per heavy atom. The molecule has 0 unspecified atom stereocenters. The summed E-state index contributed by atoms with van der Waals surface area (Å²) in [6.45, 7) is 11.6. The van der Waals surface area contributed by atoms with Crippen molar-refractivity contribution in [1.82, 2.24) is 19.6 Å². The summed E-state index contributed by atoms with van der Waals surface area (Å²) in [5.74, 6) is 0. The van der Waals surface area contributed by atoms with E-state index in [4.69, 9.17) is 0 Å². The van der Waals surface area contributed by atoms with Gasteiger partial charge in [0.25, 0.3) is 0 Å². The fourth-order valence-corrected chi connectivity index (χ4v) is 2.41. The monoisotopic (exact) mass is 272 g/mol. The standard InChI is InChI=1S/C15H36N4/c1-15(2,13-18(7)11-9-16(3)4)14-19(8)12-10-17(5)6/h9-14H2,1-8H3. The van der Waals surface area contributed by atoms with E-state index >= 15 is 0 Å². The molecule has 0 rings (SSSR count). The molecule has 0 atom stereocenters. The van der Waals surface area contributed by atoms with Gasteiger partial charge in [-0.05, 0) is 47.7 Å². The number of rotatable bonds is 10. The second-order valence-corrected chi connectivity index (χ2v) is 7.25. The number of likely N-dealkylation sites (N-methyl/N-ethyl adjacent to an activating group) is 4. The highest BCUT2D eigenvalue weighted by Crippen LogP contribution is 2.17. The van der Waals surface area contributed by atoms with Crippen LogP contribution in [0.2, 0.25) is 0 Å². The molecule has 0 amide bonds. The third-order valence-electron chi connectivity index (χ3n) is 3.25. The van der Waals surface area contributed by atoms with Gasteiger partial charge in [0, 0.05) is 39.3 Å². The van der Waals surface area contributed by atoms with E-state index in [2.05, 4.69) is 75.7 Å². The van der Waals surface area contributed by atoms with Crippen LogP contribution in [0.15, 0.2) is 0 Å². The second-order valence-electron chi connectivity index (χ2n) is 7.25. The molecule has 0 saturated carbocycles. The SMILES string of the molecule is CN(C)CCN(C)CC(C)(C)CN(C)CCN(C)C. The van der Waals surface area contributed by atoms with Crippen LogP contribution in [-0.2, 0) is 0 Å². The highest BCUT2D eigenvalue weighted by atomic mass is 15.2. The number of nitrogens with zero attached hydrogens (tertiary/aromatic N) is 4. The van der Waals surface area contributed by atoms with Crippen molar-refractivity contribution in [1.29, 1.82) is 0 Å². The maximum atomic E-state index is 2.44. The van der Waals surface area contributed by atoms with Crippen LogP contribution >= 0.6 is 0 Å². The summed E-state index contributed by atoms with van der Waals surface area (Å²) >= 11 is 0. The summed E-state index contributed by atoms with van der Waals surface area (Å²) in [6.07, 6.45) is 0. The van der Waals surface area contributed by atoms with Crippen LogP contribution in [0, 0.1) is 5.41 Å². The molecular weight excluding hydrogens is 236 g/mol. The van der Waals surface area contributed by atoms with Gasteiger partial charge in [-0.25, -0.2) is 0 Å². The minimum Gasteiger partial charge on any atom is -0.308 e. The van der Waals surface area contributed by atoms with Crippen molar-refractivity contribution < 1.29 is 0 Å². The molecule has 0 aliphatic rings. The topological polar surface area (TPSA) is 13.0 Å².